The van der Waals surface area contributed by atoms with Gasteiger partial charge in [0.05, 0.1) is 11.1 Å². The number of allylic oxidation sites excluding steroid dienone is 2. The van der Waals surface area contributed by atoms with Crippen LogP contribution < -0.4 is 0 Å². The number of rotatable bonds is 7. The van der Waals surface area contributed by atoms with Crippen molar-refractivity contribution in [2.75, 3.05) is 0 Å². The summed E-state index contributed by atoms with van der Waals surface area (Å²) in [5.74, 6) is -3.32. The molecule has 0 fully saturated rings. The number of benzene rings is 1. The van der Waals surface area contributed by atoms with Gasteiger partial charge in [-0.1, -0.05) is 12.2 Å². The van der Waals surface area contributed by atoms with Gasteiger partial charge in [0.1, 0.15) is 4.90 Å². The molecule has 0 aliphatic heterocycles. The SMILES string of the molecule is C=CCc1cc(C(=O)O)c(S(=O)(=O)O)c(C(=O)O)c1CC=C. The van der Waals surface area contributed by atoms with Gasteiger partial charge in [0.25, 0.3) is 10.1 Å². The van der Waals surface area contributed by atoms with Gasteiger partial charge in [-0.3, -0.25) is 4.55 Å². The zero-order chi connectivity index (χ0) is 17.1. The van der Waals surface area contributed by atoms with Crippen molar-refractivity contribution in [2.24, 2.45) is 0 Å². The van der Waals surface area contributed by atoms with E-state index < -0.39 is 38.1 Å². The summed E-state index contributed by atoms with van der Waals surface area (Å²) < 4.78 is 32.2. The highest BCUT2D eigenvalue weighted by molar-refractivity contribution is 7.86. The molecule has 1 aromatic carbocycles. The van der Waals surface area contributed by atoms with Crippen molar-refractivity contribution in [1.29, 1.82) is 0 Å². The molecule has 0 saturated heterocycles. The summed E-state index contributed by atoms with van der Waals surface area (Å²) in [6.07, 6.45) is 2.90. The van der Waals surface area contributed by atoms with Gasteiger partial charge in [-0.25, -0.2) is 9.59 Å². The molecule has 1 rings (SSSR count). The molecule has 0 aliphatic rings. The van der Waals surface area contributed by atoms with Gasteiger partial charge < -0.3 is 10.2 Å². The van der Waals surface area contributed by atoms with Gasteiger partial charge >= 0.3 is 11.9 Å². The first-order valence-corrected chi connectivity index (χ1v) is 7.43. The van der Waals surface area contributed by atoms with Crippen LogP contribution >= 0.6 is 0 Å². The lowest BCUT2D eigenvalue weighted by atomic mass is 9.93. The molecular formula is C14H14O7S. The van der Waals surface area contributed by atoms with E-state index in [1.165, 1.54) is 12.2 Å². The summed E-state index contributed by atoms with van der Waals surface area (Å²) in [4.78, 5) is 21.6. The highest BCUT2D eigenvalue weighted by Gasteiger charge is 2.31. The Hall–Kier alpha value is -2.45. The number of hydrogen-bond donors (Lipinski definition) is 3. The van der Waals surface area contributed by atoms with Crippen LogP contribution in [-0.4, -0.2) is 35.1 Å². The first-order chi connectivity index (χ1) is 10.1. The molecule has 7 nitrogen and oxygen atoms in total. The maximum absolute atomic E-state index is 11.5. The van der Waals surface area contributed by atoms with E-state index in [0.29, 0.717) is 0 Å². The molecule has 0 atom stereocenters. The number of hydrogen-bond acceptors (Lipinski definition) is 4. The predicted molar refractivity (Wildman–Crippen MR) is 78.0 cm³/mol. The molecule has 0 bridgehead atoms. The fraction of sp³-hybridized carbons (Fsp3) is 0.143. The maximum Gasteiger partial charge on any atom is 0.337 e. The van der Waals surface area contributed by atoms with Gasteiger partial charge in [0, 0.05) is 0 Å². The number of carbonyl (C=O) groups is 2. The van der Waals surface area contributed by atoms with Crippen LogP contribution in [0.15, 0.2) is 36.3 Å². The lowest BCUT2D eigenvalue weighted by Crippen LogP contribution is -2.18. The molecule has 8 heteroatoms. The highest BCUT2D eigenvalue weighted by Crippen LogP contribution is 2.29. The Kier molecular flexibility index (Phi) is 5.23. The lowest BCUT2D eigenvalue weighted by molar-refractivity contribution is 0.0687. The average Bonchev–Trinajstić information content (AvgIpc) is 2.38. The van der Waals surface area contributed by atoms with E-state index in [1.54, 1.807) is 0 Å². The van der Waals surface area contributed by atoms with Crippen LogP contribution in [0.3, 0.4) is 0 Å². The molecule has 0 radical (unpaired) electrons. The third kappa shape index (κ3) is 3.41. The number of carboxylic acids is 2. The Morgan fingerprint density at radius 2 is 1.64 bits per heavy atom. The van der Waals surface area contributed by atoms with Crippen LogP contribution in [0.1, 0.15) is 31.8 Å². The van der Waals surface area contributed by atoms with Crippen molar-refractivity contribution in [1.82, 2.24) is 0 Å². The van der Waals surface area contributed by atoms with Gasteiger partial charge in [-0.05, 0) is 30.0 Å². The largest absolute Gasteiger partial charge is 0.478 e. The summed E-state index contributed by atoms with van der Waals surface area (Å²) >= 11 is 0. The normalized spacial score (nSPS) is 11.0. The summed E-state index contributed by atoms with van der Waals surface area (Å²) in [5, 5.41) is 18.4. The summed E-state index contributed by atoms with van der Waals surface area (Å²) in [7, 11) is -5.05. The van der Waals surface area contributed by atoms with Crippen molar-refractivity contribution < 1.29 is 32.8 Å². The van der Waals surface area contributed by atoms with Gasteiger partial charge in [0.15, 0.2) is 0 Å². The standard InChI is InChI=1S/C14H14O7S/c1-3-5-8-7-10(13(15)16)12(22(19,20)21)11(14(17)18)9(8)6-4-2/h3-4,7H,1-2,5-6H2,(H,15,16)(H,17,18)(H,19,20,21). The Morgan fingerprint density at radius 3 is 2.00 bits per heavy atom. The van der Waals surface area contributed by atoms with Crippen LogP contribution in [0.4, 0.5) is 0 Å². The van der Waals surface area contributed by atoms with E-state index in [9.17, 15) is 27.7 Å². The minimum absolute atomic E-state index is 0.00672. The highest BCUT2D eigenvalue weighted by atomic mass is 32.2. The third-order valence-electron chi connectivity index (χ3n) is 2.89. The fourth-order valence-electron chi connectivity index (χ4n) is 2.13. The van der Waals surface area contributed by atoms with Crippen molar-refractivity contribution in [2.45, 2.75) is 17.7 Å². The smallest absolute Gasteiger partial charge is 0.337 e. The number of aromatic carboxylic acids is 2. The van der Waals surface area contributed by atoms with E-state index in [1.807, 2.05) is 0 Å². The first kappa shape index (κ1) is 17.6. The molecule has 22 heavy (non-hydrogen) atoms. The van der Waals surface area contributed by atoms with Gasteiger partial charge in [-0.2, -0.15) is 8.42 Å². The van der Waals surface area contributed by atoms with Gasteiger partial charge in [0.2, 0.25) is 0 Å². The van der Waals surface area contributed by atoms with Crippen molar-refractivity contribution in [3.8, 4) is 0 Å². The molecular weight excluding hydrogens is 312 g/mol. The lowest BCUT2D eigenvalue weighted by Gasteiger charge is -2.16. The monoisotopic (exact) mass is 326 g/mol. The van der Waals surface area contributed by atoms with E-state index in [4.69, 9.17) is 5.11 Å². The molecule has 0 heterocycles. The van der Waals surface area contributed by atoms with Crippen LogP contribution in [0.2, 0.25) is 0 Å². The average molecular weight is 326 g/mol. The zero-order valence-corrected chi connectivity index (χ0v) is 12.3. The van der Waals surface area contributed by atoms with Crippen molar-refractivity contribution in [3.63, 3.8) is 0 Å². The molecule has 0 unspecified atom stereocenters. The van der Waals surface area contributed by atoms with Gasteiger partial charge in [-0.15, -0.1) is 13.2 Å². The first-order valence-electron chi connectivity index (χ1n) is 5.99. The topological polar surface area (TPSA) is 129 Å². The third-order valence-corrected chi connectivity index (χ3v) is 3.83. The molecule has 0 aliphatic carbocycles. The minimum Gasteiger partial charge on any atom is -0.478 e. The molecule has 0 saturated carbocycles. The van der Waals surface area contributed by atoms with E-state index in [-0.39, 0.29) is 24.0 Å². The van der Waals surface area contributed by atoms with Crippen LogP contribution in [0, 0.1) is 0 Å². The van der Waals surface area contributed by atoms with Crippen molar-refractivity contribution >= 4 is 22.1 Å². The molecule has 1 aromatic rings. The Labute approximate surface area is 127 Å². The molecule has 0 spiro atoms. The quantitative estimate of drug-likeness (QED) is 0.514. The Morgan fingerprint density at radius 1 is 1.09 bits per heavy atom. The zero-order valence-electron chi connectivity index (χ0n) is 11.4. The Balaban J connectivity index is 4.07. The Bertz CT molecular complexity index is 760. The summed E-state index contributed by atoms with van der Waals surface area (Å²) in [6.45, 7) is 6.95. The van der Waals surface area contributed by atoms with E-state index >= 15 is 0 Å². The second kappa shape index (κ2) is 6.54. The van der Waals surface area contributed by atoms with Crippen LogP contribution in [0.5, 0.6) is 0 Å². The summed E-state index contributed by atoms with van der Waals surface area (Å²) in [5.41, 5.74) is -1.21. The second-order valence-electron chi connectivity index (χ2n) is 4.34. The molecule has 0 aromatic heterocycles. The maximum atomic E-state index is 11.5. The van der Waals surface area contributed by atoms with E-state index in [0.717, 1.165) is 6.07 Å². The number of carboxylic acid groups (broad SMARTS) is 2. The predicted octanol–water partition coefficient (Wildman–Crippen LogP) is 1.79. The minimum atomic E-state index is -5.05. The fourth-order valence-corrected chi connectivity index (χ4v) is 3.02. The van der Waals surface area contributed by atoms with Crippen molar-refractivity contribution in [3.05, 3.63) is 53.6 Å². The molecule has 118 valence electrons. The molecule has 3 N–H and O–H groups in total. The van der Waals surface area contributed by atoms with E-state index in [2.05, 4.69) is 13.2 Å². The summed E-state index contributed by atoms with van der Waals surface area (Å²) in [6, 6.07) is 1.03. The second-order valence-corrected chi connectivity index (χ2v) is 5.70. The van der Waals surface area contributed by atoms with Crippen LogP contribution in [0.25, 0.3) is 0 Å². The molecule has 0 amide bonds. The van der Waals surface area contributed by atoms with Crippen LogP contribution in [-0.2, 0) is 23.0 Å².